The van der Waals surface area contributed by atoms with Gasteiger partial charge in [-0.3, -0.25) is 9.50 Å². The molecule has 0 fully saturated rings. The molecule has 0 aliphatic heterocycles. The van der Waals surface area contributed by atoms with Crippen molar-refractivity contribution in [3.63, 3.8) is 0 Å². The van der Waals surface area contributed by atoms with Gasteiger partial charge in [0.15, 0.2) is 0 Å². The maximum absolute atomic E-state index is 11.8. The Bertz CT molecular complexity index is 245. The van der Waals surface area contributed by atoms with Crippen LogP contribution in [0.1, 0.15) is 5.56 Å². The van der Waals surface area contributed by atoms with Crippen LogP contribution < -0.4 is 0 Å². The van der Waals surface area contributed by atoms with Crippen molar-refractivity contribution in [2.45, 2.75) is 6.18 Å². The molecule has 0 heterocycles. The lowest BCUT2D eigenvalue weighted by molar-refractivity contribution is -0.137. The van der Waals surface area contributed by atoms with Gasteiger partial charge in [0, 0.05) is 0 Å². The Morgan fingerprint density at radius 1 is 1.14 bits per heavy atom. The van der Waals surface area contributed by atoms with E-state index in [9.17, 15) is 13.2 Å². The highest BCUT2D eigenvalue weighted by atomic mass is 19.4. The van der Waals surface area contributed by atoms with Crippen LogP contribution in [0.5, 0.6) is 0 Å². The first-order valence-corrected chi connectivity index (χ1v) is 3.22. The number of carbonyl (C=O) groups is 1. The lowest BCUT2D eigenvalue weighted by Gasteiger charge is -2.03. The Hall–Kier alpha value is -1.59. The van der Waals surface area contributed by atoms with Gasteiger partial charge in [0.1, 0.15) is 0 Å². The van der Waals surface area contributed by atoms with Crippen molar-refractivity contribution in [1.82, 2.24) is 0 Å². The van der Waals surface area contributed by atoms with Gasteiger partial charge in [0.05, 0.1) is 5.56 Å². The molecule has 0 amide bonds. The summed E-state index contributed by atoms with van der Waals surface area (Å²) in [5, 5.41) is 6.89. The second kappa shape index (κ2) is 6.88. The summed E-state index contributed by atoms with van der Waals surface area (Å²) < 4.78 is 35.4. The van der Waals surface area contributed by atoms with Gasteiger partial charge < -0.3 is 5.11 Å². The van der Waals surface area contributed by atoms with E-state index < -0.39 is 11.7 Å². The average molecular weight is 212 g/mol. The first kappa shape index (κ1) is 14.9. The van der Waals surface area contributed by atoms with Crippen LogP contribution in [0.4, 0.5) is 17.9 Å². The maximum atomic E-state index is 11.8. The third-order valence-electron chi connectivity index (χ3n) is 1.10. The molecule has 0 atom stereocenters. The fourth-order valence-electron chi connectivity index (χ4n) is 0.627. The molecule has 0 spiro atoms. The molecule has 0 saturated carbocycles. The molecular formula is C8H8F4O2. The summed E-state index contributed by atoms with van der Waals surface area (Å²) in [4.78, 5) is 8.36. The summed E-state index contributed by atoms with van der Waals surface area (Å²) in [5.41, 5.74) is -0.602. The van der Waals surface area contributed by atoms with E-state index in [1.807, 2.05) is 0 Å². The molecule has 6 heteroatoms. The number of benzene rings is 1. The van der Waals surface area contributed by atoms with E-state index in [0.29, 0.717) is 0 Å². The zero-order chi connectivity index (χ0) is 10.3. The SMILES string of the molecule is F.FC(F)(F)c1ccccc1.O=CO. The molecule has 0 unspecified atom stereocenters. The molecule has 14 heavy (non-hydrogen) atoms. The van der Waals surface area contributed by atoms with E-state index >= 15 is 0 Å². The van der Waals surface area contributed by atoms with Gasteiger partial charge >= 0.3 is 6.18 Å². The van der Waals surface area contributed by atoms with Crippen molar-refractivity contribution in [3.05, 3.63) is 35.9 Å². The Labute approximate surface area is 77.3 Å². The van der Waals surface area contributed by atoms with Crippen LogP contribution in [0.3, 0.4) is 0 Å². The van der Waals surface area contributed by atoms with Crippen LogP contribution in [-0.4, -0.2) is 11.6 Å². The van der Waals surface area contributed by atoms with Crippen LogP contribution in [0.15, 0.2) is 30.3 Å². The lowest BCUT2D eigenvalue weighted by atomic mass is 10.2. The Morgan fingerprint density at radius 2 is 1.50 bits per heavy atom. The van der Waals surface area contributed by atoms with Gasteiger partial charge in [-0.25, -0.2) is 0 Å². The van der Waals surface area contributed by atoms with E-state index in [4.69, 9.17) is 9.90 Å². The third-order valence-corrected chi connectivity index (χ3v) is 1.10. The standard InChI is InChI=1S/C7H5F3.CH2O2.FH/c8-7(9,10)6-4-2-1-3-5-6;2-1-3;/h1-5H;1H,(H,2,3);1H. The summed E-state index contributed by atoms with van der Waals surface area (Å²) in [6, 6.07) is 6.36. The number of rotatable bonds is 0. The Kier molecular flexibility index (Phi) is 7.32. The normalized spacial score (nSPS) is 9.07. The highest BCUT2D eigenvalue weighted by molar-refractivity contribution is 5.32. The topological polar surface area (TPSA) is 37.3 Å². The predicted molar refractivity (Wildman–Crippen MR) is 42.6 cm³/mol. The lowest BCUT2D eigenvalue weighted by Crippen LogP contribution is -2.03. The monoisotopic (exact) mass is 212 g/mol. The molecule has 0 bridgehead atoms. The average Bonchev–Trinajstić information content (AvgIpc) is 2.06. The number of carboxylic acid groups (broad SMARTS) is 1. The van der Waals surface area contributed by atoms with Crippen LogP contribution in [0.25, 0.3) is 0 Å². The van der Waals surface area contributed by atoms with Gasteiger partial charge in [-0.05, 0) is 0 Å². The highest BCUT2D eigenvalue weighted by Gasteiger charge is 2.29. The van der Waals surface area contributed by atoms with Crippen molar-refractivity contribution < 1.29 is 27.8 Å². The van der Waals surface area contributed by atoms with Crippen LogP contribution in [0, 0.1) is 0 Å². The van der Waals surface area contributed by atoms with Gasteiger partial charge in [-0.1, -0.05) is 30.3 Å². The fraction of sp³-hybridized carbons (Fsp3) is 0.125. The predicted octanol–water partition coefficient (Wildman–Crippen LogP) is 2.56. The Morgan fingerprint density at radius 3 is 1.71 bits per heavy atom. The molecule has 1 rings (SSSR count). The molecule has 1 aromatic carbocycles. The van der Waals surface area contributed by atoms with Gasteiger partial charge in [-0.15, -0.1) is 0 Å². The summed E-state index contributed by atoms with van der Waals surface area (Å²) >= 11 is 0. The second-order valence-electron chi connectivity index (χ2n) is 1.97. The fourth-order valence-corrected chi connectivity index (χ4v) is 0.627. The first-order valence-electron chi connectivity index (χ1n) is 3.22. The summed E-state index contributed by atoms with van der Waals surface area (Å²) in [7, 11) is 0. The molecule has 0 aliphatic rings. The molecule has 0 radical (unpaired) electrons. The molecule has 0 aliphatic carbocycles. The quantitative estimate of drug-likeness (QED) is 0.530. The first-order chi connectivity index (χ1) is 6.02. The van der Waals surface area contributed by atoms with E-state index in [-0.39, 0.29) is 11.2 Å². The van der Waals surface area contributed by atoms with Crippen molar-refractivity contribution in [2.24, 2.45) is 0 Å². The van der Waals surface area contributed by atoms with Gasteiger partial charge in [0.25, 0.3) is 6.47 Å². The largest absolute Gasteiger partial charge is 0.483 e. The smallest absolute Gasteiger partial charge is 0.416 e. The summed E-state index contributed by atoms with van der Waals surface area (Å²) in [6.45, 7) is -0.250. The Balaban J connectivity index is 0. The summed E-state index contributed by atoms with van der Waals surface area (Å²) in [6.07, 6.45) is -4.21. The molecule has 0 saturated heterocycles. The molecule has 1 aromatic rings. The molecule has 80 valence electrons. The van der Waals surface area contributed by atoms with Gasteiger partial charge in [0.2, 0.25) is 0 Å². The van der Waals surface area contributed by atoms with Crippen molar-refractivity contribution in [3.8, 4) is 0 Å². The number of hydrogen-bond acceptors (Lipinski definition) is 1. The van der Waals surface area contributed by atoms with Crippen molar-refractivity contribution >= 4 is 6.47 Å². The van der Waals surface area contributed by atoms with Crippen molar-refractivity contribution in [1.29, 1.82) is 0 Å². The number of halogens is 4. The van der Waals surface area contributed by atoms with Crippen LogP contribution in [-0.2, 0) is 11.0 Å². The van der Waals surface area contributed by atoms with Crippen LogP contribution >= 0.6 is 0 Å². The summed E-state index contributed by atoms with van der Waals surface area (Å²) in [5.74, 6) is 0. The minimum Gasteiger partial charge on any atom is -0.483 e. The zero-order valence-electron chi connectivity index (χ0n) is 6.86. The molecule has 2 nitrogen and oxygen atoms in total. The molecule has 0 aromatic heterocycles. The maximum Gasteiger partial charge on any atom is 0.416 e. The third kappa shape index (κ3) is 5.99. The second-order valence-corrected chi connectivity index (χ2v) is 1.97. The highest BCUT2D eigenvalue weighted by Crippen LogP contribution is 2.28. The van der Waals surface area contributed by atoms with Crippen molar-refractivity contribution in [2.75, 3.05) is 0 Å². The number of alkyl halides is 3. The molecule has 1 N–H and O–H groups in total. The van der Waals surface area contributed by atoms with E-state index in [1.165, 1.54) is 12.1 Å². The molecular weight excluding hydrogens is 204 g/mol. The van der Waals surface area contributed by atoms with Gasteiger partial charge in [-0.2, -0.15) is 13.2 Å². The number of hydrogen-bond donors (Lipinski definition) is 1. The minimum atomic E-state index is -4.21. The van der Waals surface area contributed by atoms with Crippen LogP contribution in [0.2, 0.25) is 0 Å². The van der Waals surface area contributed by atoms with E-state index in [1.54, 1.807) is 6.07 Å². The van der Waals surface area contributed by atoms with E-state index in [0.717, 1.165) is 12.1 Å². The van der Waals surface area contributed by atoms with E-state index in [2.05, 4.69) is 0 Å². The minimum absolute atomic E-state index is 0. The zero-order valence-corrected chi connectivity index (χ0v) is 6.86.